The Morgan fingerprint density at radius 2 is 2.00 bits per heavy atom. The number of allylic oxidation sites excluding steroid dienone is 1. The van der Waals surface area contributed by atoms with Gasteiger partial charge in [-0.3, -0.25) is 4.98 Å². The topological polar surface area (TPSA) is 12.9 Å². The van der Waals surface area contributed by atoms with E-state index in [9.17, 15) is 13.2 Å². The Hall–Kier alpha value is -1.32. The van der Waals surface area contributed by atoms with Crippen molar-refractivity contribution in [3.05, 3.63) is 35.7 Å². The van der Waals surface area contributed by atoms with E-state index in [1.54, 1.807) is 12.1 Å². The average molecular weight is 215 g/mol. The molecule has 0 aromatic carbocycles. The number of alkyl halides is 3. The molecule has 1 rings (SSSR count). The molecule has 0 atom stereocenters. The number of rotatable bonds is 2. The SMILES string of the molecule is CC(C)c1ccnc(/C=C/C(F)(F)F)c1. The molecule has 0 saturated carbocycles. The zero-order chi connectivity index (χ0) is 11.5. The Labute approximate surface area is 86.6 Å². The van der Waals surface area contributed by atoms with Crippen LogP contribution in [0.25, 0.3) is 6.08 Å². The molecule has 1 heterocycles. The fraction of sp³-hybridized carbons (Fsp3) is 0.364. The highest BCUT2D eigenvalue weighted by Gasteiger charge is 2.21. The molecule has 0 aliphatic carbocycles. The third-order valence-corrected chi connectivity index (χ3v) is 1.91. The Morgan fingerprint density at radius 1 is 1.33 bits per heavy atom. The maximum Gasteiger partial charge on any atom is 0.409 e. The highest BCUT2D eigenvalue weighted by molar-refractivity contribution is 5.46. The van der Waals surface area contributed by atoms with Gasteiger partial charge in [-0.2, -0.15) is 13.2 Å². The molecular formula is C11H12F3N. The van der Waals surface area contributed by atoms with Gasteiger partial charge in [-0.1, -0.05) is 13.8 Å². The lowest BCUT2D eigenvalue weighted by atomic mass is 10.0. The first kappa shape index (κ1) is 11.8. The molecular weight excluding hydrogens is 203 g/mol. The summed E-state index contributed by atoms with van der Waals surface area (Å²) in [5.74, 6) is 0.283. The smallest absolute Gasteiger partial charge is 0.257 e. The Balaban J connectivity index is 2.87. The molecule has 0 amide bonds. The minimum absolute atomic E-state index is 0.194. The molecule has 1 aromatic heterocycles. The predicted octanol–water partition coefficient (Wildman–Crippen LogP) is 3.78. The van der Waals surface area contributed by atoms with E-state index in [1.165, 1.54) is 6.20 Å². The molecule has 0 bridgehead atoms. The highest BCUT2D eigenvalue weighted by Crippen LogP contribution is 2.19. The Kier molecular flexibility index (Phi) is 3.50. The van der Waals surface area contributed by atoms with Gasteiger partial charge in [0.25, 0.3) is 0 Å². The van der Waals surface area contributed by atoms with Crippen molar-refractivity contribution in [3.63, 3.8) is 0 Å². The first-order chi connectivity index (χ1) is 6.88. The number of hydrogen-bond donors (Lipinski definition) is 0. The van der Waals surface area contributed by atoms with E-state index in [2.05, 4.69) is 4.98 Å². The molecule has 0 N–H and O–H groups in total. The van der Waals surface area contributed by atoms with E-state index < -0.39 is 6.18 Å². The van der Waals surface area contributed by atoms with E-state index in [4.69, 9.17) is 0 Å². The minimum Gasteiger partial charge on any atom is -0.257 e. The van der Waals surface area contributed by atoms with Crippen LogP contribution in [0.4, 0.5) is 13.2 Å². The molecule has 0 saturated heterocycles. The lowest BCUT2D eigenvalue weighted by molar-refractivity contribution is -0.0790. The molecule has 0 aliphatic rings. The first-order valence-corrected chi connectivity index (χ1v) is 4.60. The summed E-state index contributed by atoms with van der Waals surface area (Å²) in [5, 5.41) is 0. The lowest BCUT2D eigenvalue weighted by Crippen LogP contribution is -2.00. The van der Waals surface area contributed by atoms with E-state index in [0.29, 0.717) is 5.69 Å². The third-order valence-electron chi connectivity index (χ3n) is 1.91. The van der Waals surface area contributed by atoms with Crippen molar-refractivity contribution < 1.29 is 13.2 Å². The van der Waals surface area contributed by atoms with Crippen molar-refractivity contribution in [1.29, 1.82) is 0 Å². The molecule has 0 fully saturated rings. The molecule has 1 aromatic rings. The summed E-state index contributed by atoms with van der Waals surface area (Å²) in [6, 6.07) is 3.46. The van der Waals surface area contributed by atoms with Crippen LogP contribution in [0.1, 0.15) is 31.0 Å². The maximum atomic E-state index is 11.9. The van der Waals surface area contributed by atoms with Gasteiger partial charge in [-0.25, -0.2) is 0 Å². The molecule has 82 valence electrons. The summed E-state index contributed by atoms with van der Waals surface area (Å²) < 4.78 is 35.7. The van der Waals surface area contributed by atoms with Gasteiger partial charge in [0.2, 0.25) is 0 Å². The van der Waals surface area contributed by atoms with Gasteiger partial charge in [0.1, 0.15) is 0 Å². The van der Waals surface area contributed by atoms with Gasteiger partial charge in [0, 0.05) is 12.3 Å². The summed E-state index contributed by atoms with van der Waals surface area (Å²) in [6.45, 7) is 3.96. The summed E-state index contributed by atoms with van der Waals surface area (Å²) in [7, 11) is 0. The molecule has 0 unspecified atom stereocenters. The van der Waals surface area contributed by atoms with Crippen molar-refractivity contribution in [2.24, 2.45) is 0 Å². The summed E-state index contributed by atoms with van der Waals surface area (Å²) in [6.07, 6.45) is -1.59. The van der Waals surface area contributed by atoms with Crippen LogP contribution in [0.3, 0.4) is 0 Å². The van der Waals surface area contributed by atoms with Crippen LogP contribution in [-0.2, 0) is 0 Å². The van der Waals surface area contributed by atoms with Gasteiger partial charge in [-0.15, -0.1) is 0 Å². The zero-order valence-corrected chi connectivity index (χ0v) is 8.55. The van der Waals surface area contributed by atoms with E-state index >= 15 is 0 Å². The third kappa shape index (κ3) is 4.14. The number of nitrogens with zero attached hydrogens (tertiary/aromatic N) is 1. The number of aromatic nitrogens is 1. The molecule has 0 aliphatic heterocycles. The standard InChI is InChI=1S/C11H12F3N/c1-8(2)9-4-6-15-10(7-9)3-5-11(12,13)14/h3-8H,1-2H3/b5-3+. The van der Waals surface area contributed by atoms with Crippen molar-refractivity contribution in [1.82, 2.24) is 4.98 Å². The second-order valence-corrected chi connectivity index (χ2v) is 3.54. The van der Waals surface area contributed by atoms with Crippen LogP contribution in [0, 0.1) is 0 Å². The second kappa shape index (κ2) is 4.47. The second-order valence-electron chi connectivity index (χ2n) is 3.54. The van der Waals surface area contributed by atoms with Crippen LogP contribution in [-0.4, -0.2) is 11.2 Å². The molecule has 0 spiro atoms. The largest absolute Gasteiger partial charge is 0.409 e. The van der Waals surface area contributed by atoms with Crippen LogP contribution in [0.2, 0.25) is 0 Å². The summed E-state index contributed by atoms with van der Waals surface area (Å²) in [5.41, 5.74) is 1.31. The molecule has 4 heteroatoms. The van der Waals surface area contributed by atoms with E-state index in [0.717, 1.165) is 11.6 Å². The van der Waals surface area contributed by atoms with E-state index in [-0.39, 0.29) is 12.0 Å². The maximum absolute atomic E-state index is 11.9. The minimum atomic E-state index is -4.28. The monoisotopic (exact) mass is 215 g/mol. The summed E-state index contributed by atoms with van der Waals surface area (Å²) in [4.78, 5) is 3.84. The van der Waals surface area contributed by atoms with Crippen molar-refractivity contribution in [2.75, 3.05) is 0 Å². The number of halogens is 3. The van der Waals surface area contributed by atoms with E-state index in [1.807, 2.05) is 13.8 Å². The van der Waals surface area contributed by atoms with Crippen molar-refractivity contribution in [3.8, 4) is 0 Å². The molecule has 15 heavy (non-hydrogen) atoms. The molecule has 0 radical (unpaired) electrons. The van der Waals surface area contributed by atoms with Crippen LogP contribution in [0.5, 0.6) is 0 Å². The van der Waals surface area contributed by atoms with Crippen LogP contribution in [0.15, 0.2) is 24.4 Å². The number of hydrogen-bond acceptors (Lipinski definition) is 1. The highest BCUT2D eigenvalue weighted by atomic mass is 19.4. The van der Waals surface area contributed by atoms with Crippen LogP contribution >= 0.6 is 0 Å². The van der Waals surface area contributed by atoms with Crippen molar-refractivity contribution in [2.45, 2.75) is 25.9 Å². The summed E-state index contributed by atoms with van der Waals surface area (Å²) >= 11 is 0. The van der Waals surface area contributed by atoms with Gasteiger partial charge in [0.15, 0.2) is 0 Å². The zero-order valence-electron chi connectivity index (χ0n) is 8.55. The fourth-order valence-corrected chi connectivity index (χ4v) is 1.10. The van der Waals surface area contributed by atoms with Gasteiger partial charge in [0.05, 0.1) is 5.69 Å². The molecule has 1 nitrogen and oxygen atoms in total. The Morgan fingerprint density at radius 3 is 2.53 bits per heavy atom. The quantitative estimate of drug-likeness (QED) is 0.731. The lowest BCUT2D eigenvalue weighted by Gasteiger charge is -2.05. The average Bonchev–Trinajstić information content (AvgIpc) is 2.14. The fourth-order valence-electron chi connectivity index (χ4n) is 1.10. The van der Waals surface area contributed by atoms with Gasteiger partial charge < -0.3 is 0 Å². The predicted molar refractivity (Wildman–Crippen MR) is 53.4 cm³/mol. The van der Waals surface area contributed by atoms with Crippen molar-refractivity contribution >= 4 is 6.08 Å². The first-order valence-electron chi connectivity index (χ1n) is 4.60. The number of pyridine rings is 1. The van der Waals surface area contributed by atoms with Crippen LogP contribution < -0.4 is 0 Å². The normalized spacial score (nSPS) is 12.7. The Bertz CT molecular complexity index is 353. The van der Waals surface area contributed by atoms with Gasteiger partial charge in [-0.05, 0) is 29.7 Å². The van der Waals surface area contributed by atoms with Gasteiger partial charge >= 0.3 is 6.18 Å².